The van der Waals surface area contributed by atoms with Crippen molar-refractivity contribution in [2.24, 2.45) is 0 Å². The van der Waals surface area contributed by atoms with Crippen LogP contribution in [0.5, 0.6) is 0 Å². The van der Waals surface area contributed by atoms with Gasteiger partial charge in [-0.25, -0.2) is 0 Å². The van der Waals surface area contributed by atoms with Crippen LogP contribution < -0.4 is 0 Å². The van der Waals surface area contributed by atoms with E-state index in [0.29, 0.717) is 0 Å². The Morgan fingerprint density at radius 3 is 1.31 bits per heavy atom. The highest BCUT2D eigenvalue weighted by atomic mass is 14.5. The van der Waals surface area contributed by atoms with Crippen molar-refractivity contribution in [3.8, 4) is 33.4 Å². The summed E-state index contributed by atoms with van der Waals surface area (Å²) in [5, 5.41) is 13.0. The molecule has 0 aliphatic heterocycles. The molecule has 0 heteroatoms. The van der Waals surface area contributed by atoms with Gasteiger partial charge in [0.25, 0.3) is 0 Å². The molecule has 0 bridgehead atoms. The Morgan fingerprint density at radius 1 is 0.255 bits per heavy atom. The molecule has 0 amide bonds. The van der Waals surface area contributed by atoms with E-state index >= 15 is 0 Å². The lowest BCUT2D eigenvalue weighted by Crippen LogP contribution is -2.26. The molecule has 0 saturated heterocycles. The van der Waals surface area contributed by atoms with Crippen LogP contribution in [0.25, 0.3) is 87.2 Å². The van der Waals surface area contributed by atoms with Crippen molar-refractivity contribution < 1.29 is 0 Å². The maximum absolute atomic E-state index is 2.56. The first-order valence-electron chi connectivity index (χ1n) is 17.9. The monoisotopic (exact) mass is 642 g/mol. The fraction of sp³-hybridized carbons (Fsp3) is 0.0196. The third kappa shape index (κ3) is 3.31. The summed E-state index contributed by atoms with van der Waals surface area (Å²) >= 11 is 0. The summed E-state index contributed by atoms with van der Waals surface area (Å²) in [6.07, 6.45) is 0. The fourth-order valence-electron chi connectivity index (χ4n) is 10.2. The van der Waals surface area contributed by atoms with Gasteiger partial charge in [-0.3, -0.25) is 0 Å². The zero-order chi connectivity index (χ0) is 33.3. The molecule has 10 aromatic carbocycles. The number of hydrogen-bond donors (Lipinski definition) is 0. The topological polar surface area (TPSA) is 0 Å². The summed E-state index contributed by atoms with van der Waals surface area (Å²) in [4.78, 5) is 0. The smallest absolute Gasteiger partial charge is 0.0619 e. The SMILES string of the molecule is c1ccc2c(c1)-c1ccccc1C21c2c(cc(-c3cc4ccccc4c4ccccc34)c3ccccc23)-c2c1c1ccccc1c1ccccc21. The first kappa shape index (κ1) is 27.3. The Bertz CT molecular complexity index is 3100. The molecule has 0 N–H and O–H groups in total. The van der Waals surface area contributed by atoms with Gasteiger partial charge in [-0.1, -0.05) is 170 Å². The normalized spacial score (nSPS) is 13.6. The molecule has 0 fully saturated rings. The van der Waals surface area contributed by atoms with Crippen LogP contribution in [-0.2, 0) is 5.41 Å². The highest BCUT2D eigenvalue weighted by molar-refractivity contribution is 6.24. The Hall–Kier alpha value is -6.50. The third-order valence-corrected chi connectivity index (χ3v) is 12.0. The molecular formula is C51H30. The molecular weight excluding hydrogens is 613 g/mol. The molecule has 10 aromatic rings. The van der Waals surface area contributed by atoms with Crippen LogP contribution in [0.1, 0.15) is 22.3 Å². The predicted octanol–water partition coefficient (Wildman–Crippen LogP) is 13.5. The van der Waals surface area contributed by atoms with Crippen LogP contribution >= 0.6 is 0 Å². The Kier molecular flexibility index (Phi) is 5.26. The predicted molar refractivity (Wildman–Crippen MR) is 216 cm³/mol. The third-order valence-electron chi connectivity index (χ3n) is 12.0. The highest BCUT2D eigenvalue weighted by Gasteiger charge is 2.54. The second-order valence-electron chi connectivity index (χ2n) is 14.3. The van der Waals surface area contributed by atoms with Crippen molar-refractivity contribution in [3.63, 3.8) is 0 Å². The molecule has 1 spiro atoms. The minimum Gasteiger partial charge on any atom is -0.0619 e. The lowest BCUT2D eigenvalue weighted by molar-refractivity contribution is 0.809. The van der Waals surface area contributed by atoms with Gasteiger partial charge in [0.05, 0.1) is 5.41 Å². The van der Waals surface area contributed by atoms with E-state index < -0.39 is 5.41 Å². The maximum atomic E-state index is 2.56. The van der Waals surface area contributed by atoms with Gasteiger partial charge in [0.1, 0.15) is 0 Å². The minimum absolute atomic E-state index is 0.481. The molecule has 0 heterocycles. The van der Waals surface area contributed by atoms with Crippen molar-refractivity contribution in [2.45, 2.75) is 5.41 Å². The molecule has 0 unspecified atom stereocenters. The largest absolute Gasteiger partial charge is 0.0737 e. The second kappa shape index (κ2) is 9.81. The highest BCUT2D eigenvalue weighted by Crippen LogP contribution is 2.67. The first-order valence-corrected chi connectivity index (χ1v) is 17.9. The van der Waals surface area contributed by atoms with Gasteiger partial charge in [-0.2, -0.15) is 0 Å². The van der Waals surface area contributed by atoms with Gasteiger partial charge < -0.3 is 0 Å². The van der Waals surface area contributed by atoms with Crippen LogP contribution in [0.4, 0.5) is 0 Å². The average Bonchev–Trinajstić information content (AvgIpc) is 3.68. The number of fused-ring (bicyclic) bond motifs is 20. The fourth-order valence-corrected chi connectivity index (χ4v) is 10.2. The van der Waals surface area contributed by atoms with Gasteiger partial charge in [0.15, 0.2) is 0 Å². The van der Waals surface area contributed by atoms with E-state index in [4.69, 9.17) is 0 Å². The summed E-state index contributed by atoms with van der Waals surface area (Å²) in [7, 11) is 0. The summed E-state index contributed by atoms with van der Waals surface area (Å²) in [5.74, 6) is 0. The van der Waals surface area contributed by atoms with Crippen LogP contribution in [0.2, 0.25) is 0 Å². The van der Waals surface area contributed by atoms with Crippen molar-refractivity contribution in [1.29, 1.82) is 0 Å². The number of rotatable bonds is 1. The van der Waals surface area contributed by atoms with E-state index in [-0.39, 0.29) is 0 Å². The van der Waals surface area contributed by atoms with Crippen molar-refractivity contribution in [1.82, 2.24) is 0 Å². The molecule has 0 radical (unpaired) electrons. The molecule has 2 aliphatic carbocycles. The van der Waals surface area contributed by atoms with E-state index in [2.05, 4.69) is 182 Å². The zero-order valence-corrected chi connectivity index (χ0v) is 27.8. The van der Waals surface area contributed by atoms with E-state index in [1.807, 2.05) is 0 Å². The maximum Gasteiger partial charge on any atom is 0.0737 e. The molecule has 234 valence electrons. The summed E-state index contributed by atoms with van der Waals surface area (Å²) in [6.45, 7) is 0. The molecule has 51 heavy (non-hydrogen) atoms. The molecule has 0 atom stereocenters. The van der Waals surface area contributed by atoms with E-state index in [1.165, 1.54) is 109 Å². The van der Waals surface area contributed by atoms with Crippen molar-refractivity contribution >= 4 is 53.9 Å². The average molecular weight is 643 g/mol. The minimum atomic E-state index is -0.481. The van der Waals surface area contributed by atoms with Crippen molar-refractivity contribution in [3.05, 3.63) is 204 Å². The first-order chi connectivity index (χ1) is 25.3. The van der Waals surface area contributed by atoms with E-state index in [0.717, 1.165) is 0 Å². The number of benzene rings is 10. The standard InChI is InChI=1S/C51H30/c1-2-16-32-31(15-1)29-43(36-20-4-3-17-33(32)36)44-30-45-48-40-24-8-5-18-34(40)35-19-6-10-26-42(35)50(48)51(49(45)41-25-9-7-21-37(41)44)46-27-13-11-22-38(46)39-23-12-14-28-47(39)51/h1-30H. The molecule has 2 aliphatic rings. The molecule has 0 nitrogen and oxygen atoms in total. The van der Waals surface area contributed by atoms with Crippen molar-refractivity contribution in [2.75, 3.05) is 0 Å². The summed E-state index contributed by atoms with van der Waals surface area (Å²) in [6, 6.07) is 68.6. The van der Waals surface area contributed by atoms with Gasteiger partial charge in [-0.05, 0) is 122 Å². The van der Waals surface area contributed by atoms with Crippen LogP contribution in [0.3, 0.4) is 0 Å². The quantitative estimate of drug-likeness (QED) is 0.156. The van der Waals surface area contributed by atoms with Gasteiger partial charge >= 0.3 is 0 Å². The van der Waals surface area contributed by atoms with Gasteiger partial charge in [0, 0.05) is 0 Å². The van der Waals surface area contributed by atoms with E-state index in [1.54, 1.807) is 0 Å². The lowest BCUT2D eigenvalue weighted by atomic mass is 9.68. The van der Waals surface area contributed by atoms with Gasteiger partial charge in [-0.15, -0.1) is 0 Å². The second-order valence-corrected chi connectivity index (χ2v) is 14.3. The van der Waals surface area contributed by atoms with Crippen LogP contribution in [-0.4, -0.2) is 0 Å². The Labute approximate surface area is 295 Å². The Balaban J connectivity index is 1.36. The van der Waals surface area contributed by atoms with Gasteiger partial charge in [0.2, 0.25) is 0 Å². The summed E-state index contributed by atoms with van der Waals surface area (Å²) < 4.78 is 0. The Morgan fingerprint density at radius 2 is 0.667 bits per heavy atom. The van der Waals surface area contributed by atoms with Crippen LogP contribution in [0, 0.1) is 0 Å². The van der Waals surface area contributed by atoms with E-state index in [9.17, 15) is 0 Å². The van der Waals surface area contributed by atoms with Crippen LogP contribution in [0.15, 0.2) is 182 Å². The zero-order valence-electron chi connectivity index (χ0n) is 27.8. The summed E-state index contributed by atoms with van der Waals surface area (Å²) in [5.41, 5.74) is 13.0. The lowest BCUT2D eigenvalue weighted by Gasteiger charge is -2.33. The molecule has 12 rings (SSSR count). The molecule has 0 saturated carbocycles. The molecule has 0 aromatic heterocycles. The number of hydrogen-bond acceptors (Lipinski definition) is 0.